The molecular weight excluding hydrogens is 570 g/mol. The van der Waals surface area contributed by atoms with Crippen LogP contribution in [0.2, 0.25) is 0 Å². The lowest BCUT2D eigenvalue weighted by molar-refractivity contribution is -0.657. The van der Waals surface area contributed by atoms with Crippen LogP contribution < -0.4 is 14.5 Å². The van der Waals surface area contributed by atoms with Crippen molar-refractivity contribution in [2.75, 3.05) is 28.2 Å². The smallest absolute Gasteiger partial charge is 0.323 e. The SMILES string of the molecule is C.CC.CC.CN=Nc1n(C)cc[n+]1C.CN=Nc1n(C)cc[n+]1C.CNC.c1ccccc1.c1ccccc1.c1ccccc1. The molecule has 0 saturated carbocycles. The standard InChI is InChI=1S/2C6H11N4.3C6H6.C2H7N.2C2H6.CH4/c2*1-7-8-6-9(2)4-5-10(6)3;3*1-2-4-6-5-3-1;1-3-2;2*1-2;/h2*4-5H,1-3H3;3*1-6H;3H,1-2H3;2*1-2H3;1H4/q2*+1;;;;;;;. The van der Waals surface area contributed by atoms with Crippen molar-refractivity contribution in [3.05, 3.63) is 134 Å². The molecule has 1 N–H and O–H groups in total. The molecule has 0 spiro atoms. The second-order valence-corrected chi connectivity index (χ2v) is 8.20. The maximum absolute atomic E-state index is 3.92. The van der Waals surface area contributed by atoms with Crippen LogP contribution in [0, 0.1) is 0 Å². The van der Waals surface area contributed by atoms with Gasteiger partial charge >= 0.3 is 11.9 Å². The average molecular weight is 634 g/mol. The number of nitrogens with one attached hydrogen (secondary N) is 1. The van der Waals surface area contributed by atoms with Gasteiger partial charge in [0.1, 0.15) is 0 Å². The summed E-state index contributed by atoms with van der Waals surface area (Å²) in [4.78, 5) is 0. The first-order valence-electron chi connectivity index (χ1n) is 15.1. The first-order chi connectivity index (χ1) is 21.9. The fraction of sp³-hybridized carbons (Fsp3) is 0.351. The van der Waals surface area contributed by atoms with Crippen LogP contribution in [0.5, 0.6) is 0 Å². The van der Waals surface area contributed by atoms with E-state index < -0.39 is 0 Å². The summed E-state index contributed by atoms with van der Waals surface area (Å²) < 4.78 is 7.64. The topological polar surface area (TPSA) is 79.1 Å². The first kappa shape index (κ1) is 48.2. The molecule has 0 aliphatic carbocycles. The van der Waals surface area contributed by atoms with Gasteiger partial charge in [0, 0.05) is 10.2 Å². The van der Waals surface area contributed by atoms with Crippen molar-refractivity contribution < 1.29 is 9.13 Å². The normalized spacial score (nSPS) is 8.61. The fourth-order valence-corrected chi connectivity index (χ4v) is 2.78. The molecule has 0 aliphatic heterocycles. The van der Waals surface area contributed by atoms with Gasteiger partial charge in [0.15, 0.2) is 0 Å². The van der Waals surface area contributed by atoms with Gasteiger partial charge < -0.3 is 5.32 Å². The molecule has 5 aromatic rings. The number of hydrogen-bond donors (Lipinski definition) is 1. The second-order valence-electron chi connectivity index (χ2n) is 8.20. The molecule has 0 unspecified atom stereocenters. The summed E-state index contributed by atoms with van der Waals surface area (Å²) in [5, 5.41) is 17.9. The quantitative estimate of drug-likeness (QED) is 0.153. The minimum Gasteiger partial charge on any atom is -0.323 e. The predicted octanol–water partition coefficient (Wildman–Crippen LogP) is 8.71. The Hall–Kier alpha value is -4.76. The Morgan fingerprint density at radius 2 is 0.652 bits per heavy atom. The summed E-state index contributed by atoms with van der Waals surface area (Å²) in [6.07, 6.45) is 7.74. The predicted molar refractivity (Wildman–Crippen MR) is 198 cm³/mol. The van der Waals surface area contributed by atoms with Crippen molar-refractivity contribution in [1.29, 1.82) is 0 Å². The van der Waals surface area contributed by atoms with Crippen LogP contribution in [0.3, 0.4) is 0 Å². The minimum atomic E-state index is 0. The molecule has 0 radical (unpaired) electrons. The Morgan fingerprint density at radius 3 is 0.761 bits per heavy atom. The van der Waals surface area contributed by atoms with Crippen molar-refractivity contribution >= 4 is 11.9 Å². The van der Waals surface area contributed by atoms with Crippen molar-refractivity contribution in [2.24, 2.45) is 48.6 Å². The number of hydrogen-bond acceptors (Lipinski definition) is 5. The Kier molecular flexibility index (Phi) is 40.1. The van der Waals surface area contributed by atoms with Gasteiger partial charge in [-0.3, -0.25) is 0 Å². The van der Waals surface area contributed by atoms with Crippen LogP contribution in [0.25, 0.3) is 0 Å². The number of aryl methyl sites for hydroxylation is 4. The number of nitrogens with zero attached hydrogens (tertiary/aromatic N) is 8. The van der Waals surface area contributed by atoms with E-state index in [0.29, 0.717) is 0 Å². The summed E-state index contributed by atoms with van der Waals surface area (Å²) >= 11 is 0. The molecule has 46 heavy (non-hydrogen) atoms. The van der Waals surface area contributed by atoms with E-state index in [1.165, 1.54) is 0 Å². The molecule has 9 heteroatoms. The zero-order chi connectivity index (χ0) is 34.6. The highest BCUT2D eigenvalue weighted by Crippen LogP contribution is 2.02. The van der Waals surface area contributed by atoms with Crippen LogP contribution in [-0.4, -0.2) is 37.3 Å². The largest absolute Gasteiger partial charge is 0.420 e. The number of azo groups is 2. The third-order valence-corrected chi connectivity index (χ3v) is 4.67. The molecule has 0 bridgehead atoms. The molecule has 0 amide bonds. The number of rotatable bonds is 2. The van der Waals surface area contributed by atoms with Crippen LogP contribution in [0.4, 0.5) is 11.9 Å². The van der Waals surface area contributed by atoms with Crippen molar-refractivity contribution in [3.8, 4) is 0 Å². The molecular formula is C37H63N9+2. The van der Waals surface area contributed by atoms with Crippen molar-refractivity contribution in [3.63, 3.8) is 0 Å². The van der Waals surface area contributed by atoms with Gasteiger partial charge in [0.05, 0.1) is 67.1 Å². The van der Waals surface area contributed by atoms with E-state index in [1.54, 1.807) is 14.1 Å². The number of imidazole rings is 2. The van der Waals surface area contributed by atoms with E-state index in [9.17, 15) is 0 Å². The van der Waals surface area contributed by atoms with E-state index in [0.717, 1.165) is 11.9 Å². The van der Waals surface area contributed by atoms with Gasteiger partial charge in [-0.1, -0.05) is 144 Å². The van der Waals surface area contributed by atoms with Gasteiger partial charge in [-0.05, 0) is 14.1 Å². The summed E-state index contributed by atoms with van der Waals surface area (Å²) in [7, 11) is 14.8. The third kappa shape index (κ3) is 28.0. The van der Waals surface area contributed by atoms with Crippen molar-refractivity contribution in [2.45, 2.75) is 35.1 Å². The monoisotopic (exact) mass is 634 g/mol. The Morgan fingerprint density at radius 1 is 0.478 bits per heavy atom. The molecule has 2 aromatic heterocycles. The molecule has 0 fully saturated rings. The molecule has 2 heterocycles. The van der Waals surface area contributed by atoms with Gasteiger partial charge in [-0.15, -0.1) is 10.2 Å². The lowest BCUT2D eigenvalue weighted by atomic mass is 10.4. The zero-order valence-corrected chi connectivity index (χ0v) is 29.8. The van der Waals surface area contributed by atoms with E-state index in [2.05, 4.69) is 25.8 Å². The second kappa shape index (κ2) is 38.3. The maximum Gasteiger partial charge on any atom is 0.420 e. The summed E-state index contributed by atoms with van der Waals surface area (Å²) in [5.74, 6) is 1.70. The molecule has 0 atom stereocenters. The zero-order valence-electron chi connectivity index (χ0n) is 29.8. The van der Waals surface area contributed by atoms with E-state index in [4.69, 9.17) is 0 Å². The highest BCUT2D eigenvalue weighted by molar-refractivity contribution is 5.05. The van der Waals surface area contributed by atoms with E-state index in [1.807, 2.05) is 222 Å². The van der Waals surface area contributed by atoms with E-state index in [-0.39, 0.29) is 7.43 Å². The summed E-state index contributed by atoms with van der Waals surface area (Å²) in [5.41, 5.74) is 0. The molecule has 9 nitrogen and oxygen atoms in total. The van der Waals surface area contributed by atoms with Crippen LogP contribution in [0.15, 0.2) is 154 Å². The van der Waals surface area contributed by atoms with Gasteiger partial charge in [-0.2, -0.15) is 0 Å². The van der Waals surface area contributed by atoms with Gasteiger partial charge in [-0.25, -0.2) is 18.3 Å². The Balaban J connectivity index is -0.000000230. The van der Waals surface area contributed by atoms with Gasteiger partial charge in [0.25, 0.3) is 0 Å². The number of benzene rings is 3. The average Bonchev–Trinajstić information content (AvgIpc) is 3.61. The van der Waals surface area contributed by atoms with E-state index >= 15 is 0 Å². The molecule has 254 valence electrons. The summed E-state index contributed by atoms with van der Waals surface area (Å²) in [6.45, 7) is 8.00. The molecule has 0 saturated heterocycles. The maximum atomic E-state index is 3.92. The molecule has 3 aromatic carbocycles. The lowest BCUT2D eigenvalue weighted by Gasteiger charge is -1.84. The first-order valence-corrected chi connectivity index (χ1v) is 15.1. The highest BCUT2D eigenvalue weighted by atomic mass is 15.3. The highest BCUT2D eigenvalue weighted by Gasteiger charge is 2.09. The molecule has 0 aliphatic rings. The van der Waals surface area contributed by atoms with Crippen LogP contribution in [0.1, 0.15) is 35.1 Å². The third-order valence-electron chi connectivity index (χ3n) is 4.67. The fourth-order valence-electron chi connectivity index (χ4n) is 2.78. The Bertz CT molecular complexity index is 1030. The minimum absolute atomic E-state index is 0. The Labute approximate surface area is 281 Å². The van der Waals surface area contributed by atoms with Gasteiger partial charge in [0.2, 0.25) is 0 Å². The van der Waals surface area contributed by atoms with Crippen LogP contribution in [-0.2, 0) is 28.2 Å². The summed E-state index contributed by atoms with van der Waals surface area (Å²) in [6, 6.07) is 36.0. The lowest BCUT2D eigenvalue weighted by Crippen LogP contribution is -2.25. The number of aromatic nitrogens is 4. The molecule has 5 rings (SSSR count). The van der Waals surface area contributed by atoms with Crippen LogP contribution >= 0.6 is 0 Å². The van der Waals surface area contributed by atoms with Crippen molar-refractivity contribution in [1.82, 2.24) is 14.5 Å².